The van der Waals surface area contributed by atoms with E-state index in [1.165, 1.54) is 22.5 Å². The molecule has 0 aliphatic heterocycles. The first-order chi connectivity index (χ1) is 9.03. The van der Waals surface area contributed by atoms with Crippen LogP contribution in [0.3, 0.4) is 0 Å². The highest BCUT2D eigenvalue weighted by molar-refractivity contribution is 7.89. The van der Waals surface area contributed by atoms with Crippen molar-refractivity contribution in [2.45, 2.75) is 31.2 Å². The Morgan fingerprint density at radius 1 is 1.35 bits per heavy atom. The van der Waals surface area contributed by atoms with Crippen molar-refractivity contribution in [1.82, 2.24) is 4.31 Å². The molecule has 0 amide bonds. The average Bonchev–Trinajstić information content (AvgIpc) is 2.31. The molecule has 112 valence electrons. The van der Waals surface area contributed by atoms with Crippen LogP contribution >= 0.6 is 23.2 Å². The minimum Gasteiger partial charge on any atom is -0.396 e. The Kier molecular flexibility index (Phi) is 5.13. The predicted octanol–water partition coefficient (Wildman–Crippen LogP) is 3.55. The maximum Gasteiger partial charge on any atom is 0.245 e. The van der Waals surface area contributed by atoms with Crippen molar-refractivity contribution >= 4 is 38.9 Å². The second-order valence-corrected chi connectivity index (χ2v) is 7.88. The van der Waals surface area contributed by atoms with E-state index in [1.54, 1.807) is 20.8 Å². The second kappa shape index (κ2) is 5.93. The summed E-state index contributed by atoms with van der Waals surface area (Å²) in [6, 6.07) is 2.78. The fraction of sp³-hybridized carbons (Fsp3) is 0.385. The molecule has 0 unspecified atom stereocenters. The van der Waals surface area contributed by atoms with Crippen LogP contribution < -0.4 is 5.73 Å². The van der Waals surface area contributed by atoms with Gasteiger partial charge in [-0.3, -0.25) is 0 Å². The van der Waals surface area contributed by atoms with Gasteiger partial charge in [0.15, 0.2) is 0 Å². The molecule has 0 aliphatic rings. The molecule has 0 atom stereocenters. The van der Waals surface area contributed by atoms with Crippen LogP contribution in [0.25, 0.3) is 0 Å². The number of nitrogens with two attached hydrogens (primary N) is 1. The number of hydrogen-bond acceptors (Lipinski definition) is 3. The third kappa shape index (κ3) is 3.28. The van der Waals surface area contributed by atoms with E-state index in [-0.39, 0.29) is 27.2 Å². The lowest BCUT2D eigenvalue weighted by Gasteiger charge is -2.34. The van der Waals surface area contributed by atoms with Gasteiger partial charge in [-0.25, -0.2) is 8.42 Å². The van der Waals surface area contributed by atoms with Crippen molar-refractivity contribution in [2.24, 2.45) is 0 Å². The molecule has 1 rings (SSSR count). The molecule has 7 heteroatoms. The number of hydrogen-bond donors (Lipinski definition) is 1. The van der Waals surface area contributed by atoms with E-state index in [1.807, 2.05) is 0 Å². The number of halogens is 2. The molecule has 0 heterocycles. The lowest BCUT2D eigenvalue weighted by Crippen LogP contribution is -2.45. The smallest absolute Gasteiger partial charge is 0.245 e. The van der Waals surface area contributed by atoms with Crippen molar-refractivity contribution < 1.29 is 8.42 Å². The Hall–Kier alpha value is -0.750. The summed E-state index contributed by atoms with van der Waals surface area (Å²) in [7, 11) is -3.80. The molecule has 1 aromatic carbocycles. The van der Waals surface area contributed by atoms with Gasteiger partial charge in [0.1, 0.15) is 4.90 Å². The highest BCUT2D eigenvalue weighted by Gasteiger charge is 2.34. The van der Waals surface area contributed by atoms with Crippen LogP contribution in [-0.4, -0.2) is 24.8 Å². The molecular formula is C13H18Cl2N2O2S. The SMILES string of the molecule is C=CCN(C(C)(C)C)S(=O)(=O)c1ccc(Cl)c(N)c1Cl. The largest absolute Gasteiger partial charge is 0.396 e. The van der Waals surface area contributed by atoms with Crippen LogP contribution in [0.15, 0.2) is 29.7 Å². The fourth-order valence-corrected chi connectivity index (χ4v) is 4.22. The van der Waals surface area contributed by atoms with Gasteiger partial charge in [0, 0.05) is 12.1 Å². The molecule has 0 saturated heterocycles. The summed E-state index contributed by atoms with van der Waals surface area (Å²) in [5.41, 5.74) is 5.13. The molecule has 0 spiro atoms. The average molecular weight is 337 g/mol. The molecule has 0 bridgehead atoms. The number of anilines is 1. The van der Waals surface area contributed by atoms with Crippen LogP contribution in [0, 0.1) is 0 Å². The minimum absolute atomic E-state index is 0.0573. The highest BCUT2D eigenvalue weighted by atomic mass is 35.5. The van der Waals surface area contributed by atoms with Crippen molar-refractivity contribution in [1.29, 1.82) is 0 Å². The Bertz CT molecular complexity index is 622. The van der Waals surface area contributed by atoms with Gasteiger partial charge in [0.05, 0.1) is 15.7 Å². The van der Waals surface area contributed by atoms with E-state index in [0.717, 1.165) is 0 Å². The molecule has 20 heavy (non-hydrogen) atoms. The van der Waals surface area contributed by atoms with E-state index < -0.39 is 15.6 Å². The summed E-state index contributed by atoms with van der Waals surface area (Å²) < 4.78 is 26.8. The van der Waals surface area contributed by atoms with Crippen LogP contribution in [0.2, 0.25) is 10.0 Å². The van der Waals surface area contributed by atoms with Crippen molar-refractivity contribution in [2.75, 3.05) is 12.3 Å². The predicted molar refractivity (Wildman–Crippen MR) is 84.7 cm³/mol. The third-order valence-electron chi connectivity index (χ3n) is 2.70. The van der Waals surface area contributed by atoms with E-state index in [9.17, 15) is 8.42 Å². The molecule has 0 saturated carbocycles. The van der Waals surface area contributed by atoms with Gasteiger partial charge < -0.3 is 5.73 Å². The number of sulfonamides is 1. The maximum atomic E-state index is 12.7. The third-order valence-corrected chi connectivity index (χ3v) is 5.72. The van der Waals surface area contributed by atoms with E-state index >= 15 is 0 Å². The maximum absolute atomic E-state index is 12.7. The molecule has 0 radical (unpaired) electrons. The molecule has 1 aromatic rings. The summed E-state index contributed by atoms with van der Waals surface area (Å²) in [5.74, 6) is 0. The fourth-order valence-electron chi connectivity index (χ4n) is 1.72. The first-order valence-corrected chi connectivity index (χ1v) is 8.10. The van der Waals surface area contributed by atoms with E-state index in [0.29, 0.717) is 0 Å². The summed E-state index contributed by atoms with van der Waals surface area (Å²) >= 11 is 11.9. The van der Waals surface area contributed by atoms with Gasteiger partial charge in [0.2, 0.25) is 10.0 Å². The zero-order valence-corrected chi connectivity index (χ0v) is 14.0. The van der Waals surface area contributed by atoms with Gasteiger partial charge >= 0.3 is 0 Å². The van der Waals surface area contributed by atoms with Gasteiger partial charge in [-0.2, -0.15) is 4.31 Å². The molecular weight excluding hydrogens is 319 g/mol. The lowest BCUT2D eigenvalue weighted by molar-refractivity contribution is 0.270. The second-order valence-electron chi connectivity index (χ2n) is 5.27. The van der Waals surface area contributed by atoms with Gasteiger partial charge in [-0.15, -0.1) is 6.58 Å². The zero-order valence-electron chi connectivity index (χ0n) is 11.7. The number of rotatable bonds is 4. The number of nitrogens with zero attached hydrogens (tertiary/aromatic N) is 1. The molecule has 0 aromatic heterocycles. The summed E-state index contributed by atoms with van der Waals surface area (Å²) in [6.45, 7) is 9.14. The Morgan fingerprint density at radius 2 is 1.90 bits per heavy atom. The van der Waals surface area contributed by atoms with E-state index in [4.69, 9.17) is 28.9 Å². The normalized spacial score (nSPS) is 12.7. The monoisotopic (exact) mass is 336 g/mol. The summed E-state index contributed by atoms with van der Waals surface area (Å²) in [5, 5.41) is 0.163. The Morgan fingerprint density at radius 3 is 2.35 bits per heavy atom. The minimum atomic E-state index is -3.80. The number of nitrogen functional groups attached to an aromatic ring is 1. The van der Waals surface area contributed by atoms with Crippen LogP contribution in [0.1, 0.15) is 20.8 Å². The van der Waals surface area contributed by atoms with Gasteiger partial charge in [-0.1, -0.05) is 29.3 Å². The van der Waals surface area contributed by atoms with Gasteiger partial charge in [0.25, 0.3) is 0 Å². The van der Waals surface area contributed by atoms with Crippen LogP contribution in [0.5, 0.6) is 0 Å². The zero-order chi connectivity index (χ0) is 15.7. The quantitative estimate of drug-likeness (QED) is 0.675. The number of benzene rings is 1. The highest BCUT2D eigenvalue weighted by Crippen LogP contribution is 2.36. The first kappa shape index (κ1) is 17.3. The summed E-state index contributed by atoms with van der Waals surface area (Å²) in [4.78, 5) is -0.0576. The van der Waals surface area contributed by atoms with Crippen LogP contribution in [-0.2, 0) is 10.0 Å². The summed E-state index contributed by atoms with van der Waals surface area (Å²) in [6.07, 6.45) is 1.52. The van der Waals surface area contributed by atoms with E-state index in [2.05, 4.69) is 6.58 Å². The molecule has 2 N–H and O–H groups in total. The Balaban J connectivity index is 3.50. The molecule has 4 nitrogen and oxygen atoms in total. The lowest BCUT2D eigenvalue weighted by atomic mass is 10.1. The van der Waals surface area contributed by atoms with Crippen LogP contribution in [0.4, 0.5) is 5.69 Å². The Labute approximate surface area is 130 Å². The molecule has 0 fully saturated rings. The molecule has 0 aliphatic carbocycles. The first-order valence-electron chi connectivity index (χ1n) is 5.90. The standard InChI is InChI=1S/C13H18Cl2N2O2S/c1-5-8-17(13(2,3)4)20(18,19)10-7-6-9(14)12(16)11(10)15/h5-7H,1,8,16H2,2-4H3. The van der Waals surface area contributed by atoms with Crippen molar-refractivity contribution in [3.8, 4) is 0 Å². The topological polar surface area (TPSA) is 63.4 Å². The van der Waals surface area contributed by atoms with Crippen molar-refractivity contribution in [3.05, 3.63) is 34.8 Å². The van der Waals surface area contributed by atoms with Gasteiger partial charge in [-0.05, 0) is 32.9 Å². The van der Waals surface area contributed by atoms with Crippen molar-refractivity contribution in [3.63, 3.8) is 0 Å².